The zero-order chi connectivity index (χ0) is 28.6. The zero-order valence-corrected chi connectivity index (χ0v) is 23.5. The lowest BCUT2D eigenvalue weighted by molar-refractivity contribution is -0.184. The van der Waals surface area contributed by atoms with Crippen molar-refractivity contribution >= 4 is 23.4 Å². The molecule has 4 aliphatic carbocycles. The van der Waals surface area contributed by atoms with Gasteiger partial charge in [-0.2, -0.15) is 0 Å². The molecule has 7 atom stereocenters. The summed E-state index contributed by atoms with van der Waals surface area (Å²) in [5.74, 6) is -1.34. The fourth-order valence-corrected chi connectivity index (χ4v) is 8.25. The van der Waals surface area contributed by atoms with Crippen LogP contribution < -0.4 is 5.32 Å². The molecule has 4 aliphatic rings. The van der Waals surface area contributed by atoms with Gasteiger partial charge in [0.2, 0.25) is 11.7 Å². The number of fused-ring (bicyclic) bond motifs is 5. The molecule has 0 bridgehead atoms. The van der Waals surface area contributed by atoms with Crippen molar-refractivity contribution in [3.63, 3.8) is 0 Å². The lowest BCUT2D eigenvalue weighted by Crippen LogP contribution is -2.62. The Balaban J connectivity index is 1.36. The molecule has 0 aromatic heterocycles. The molecule has 0 saturated heterocycles. The van der Waals surface area contributed by atoms with Crippen LogP contribution in [0.3, 0.4) is 0 Å². The zero-order valence-electron chi connectivity index (χ0n) is 23.5. The Morgan fingerprint density at radius 2 is 1.82 bits per heavy atom. The van der Waals surface area contributed by atoms with Crippen molar-refractivity contribution in [3.05, 3.63) is 11.6 Å². The number of methoxy groups -OCH3 is 2. The number of hydrogen-bond donors (Lipinski definition) is 3. The third-order valence-electron chi connectivity index (χ3n) is 10.4. The first-order valence-electron chi connectivity index (χ1n) is 14.0. The first kappa shape index (κ1) is 29.8. The monoisotopic (exact) mass is 549 g/mol. The molecule has 0 aromatic rings. The number of amides is 1. The van der Waals surface area contributed by atoms with E-state index in [1.807, 2.05) is 6.92 Å². The number of aliphatic hydroxyl groups excluding tert-OH is 1. The minimum atomic E-state index is -1.71. The van der Waals surface area contributed by atoms with E-state index in [0.29, 0.717) is 12.8 Å². The minimum Gasteiger partial charge on any atom is -0.458 e. The number of esters is 1. The van der Waals surface area contributed by atoms with Gasteiger partial charge in [0.25, 0.3) is 0 Å². The van der Waals surface area contributed by atoms with Crippen molar-refractivity contribution in [1.82, 2.24) is 5.32 Å². The molecule has 7 unspecified atom stereocenters. The number of allylic oxidation sites excluding steroid dienone is 1. The summed E-state index contributed by atoms with van der Waals surface area (Å²) in [4.78, 5) is 49.7. The average molecular weight is 550 g/mol. The summed E-state index contributed by atoms with van der Waals surface area (Å²) in [5, 5.41) is 25.8. The second-order valence-corrected chi connectivity index (χ2v) is 12.3. The Hall–Kier alpha value is -2.14. The number of hydrogen-bond acceptors (Lipinski definition) is 9. The first-order chi connectivity index (χ1) is 18.4. The lowest BCUT2D eigenvalue weighted by Gasteiger charge is -2.60. The van der Waals surface area contributed by atoms with Gasteiger partial charge < -0.3 is 29.7 Å². The van der Waals surface area contributed by atoms with Gasteiger partial charge in [-0.1, -0.05) is 19.4 Å². The molecule has 218 valence electrons. The molecule has 0 spiro atoms. The average Bonchev–Trinajstić information content (AvgIpc) is 3.17. The molecule has 3 fully saturated rings. The van der Waals surface area contributed by atoms with E-state index in [1.54, 1.807) is 6.08 Å². The highest BCUT2D eigenvalue weighted by Crippen LogP contribution is 2.67. The summed E-state index contributed by atoms with van der Waals surface area (Å²) < 4.78 is 15.2. The molecular weight excluding hydrogens is 506 g/mol. The SMILES string of the molecule is COC(CNC(=O)CCC(=O)OCC(=O)C1(O)CCC2C3CCC4=CC(=O)CCC4(C)C3C(O)CC21C)OC. The van der Waals surface area contributed by atoms with Gasteiger partial charge in [-0.25, -0.2) is 0 Å². The predicted octanol–water partition coefficient (Wildman–Crippen LogP) is 1.85. The molecule has 10 nitrogen and oxygen atoms in total. The van der Waals surface area contributed by atoms with Crippen molar-refractivity contribution in [2.75, 3.05) is 27.4 Å². The van der Waals surface area contributed by atoms with E-state index in [0.717, 1.165) is 24.8 Å². The van der Waals surface area contributed by atoms with Crippen molar-refractivity contribution in [3.8, 4) is 0 Å². The van der Waals surface area contributed by atoms with Crippen LogP contribution in [0.2, 0.25) is 0 Å². The van der Waals surface area contributed by atoms with E-state index in [2.05, 4.69) is 12.2 Å². The highest BCUT2D eigenvalue weighted by atomic mass is 16.7. The lowest BCUT2D eigenvalue weighted by atomic mass is 9.45. The molecule has 0 radical (unpaired) electrons. The van der Waals surface area contributed by atoms with E-state index in [-0.39, 0.29) is 67.1 Å². The molecule has 3 N–H and O–H groups in total. The number of aliphatic hydroxyl groups is 2. The molecule has 0 heterocycles. The highest BCUT2D eigenvalue weighted by Gasteiger charge is 2.68. The molecule has 10 heteroatoms. The third kappa shape index (κ3) is 5.33. The summed E-state index contributed by atoms with van der Waals surface area (Å²) in [7, 11) is 2.90. The Morgan fingerprint density at radius 1 is 1.10 bits per heavy atom. The van der Waals surface area contributed by atoms with Gasteiger partial charge in [0.1, 0.15) is 5.60 Å². The summed E-state index contributed by atoms with van der Waals surface area (Å²) in [6.07, 6.45) is 4.13. The quantitative estimate of drug-likeness (QED) is 0.274. The Bertz CT molecular complexity index is 1020. The number of ketones is 2. The van der Waals surface area contributed by atoms with E-state index in [4.69, 9.17) is 14.2 Å². The van der Waals surface area contributed by atoms with Crippen LogP contribution in [0.15, 0.2) is 11.6 Å². The second-order valence-electron chi connectivity index (χ2n) is 12.3. The highest BCUT2D eigenvalue weighted by molar-refractivity contribution is 5.92. The molecular formula is C29H43NO9. The number of carbonyl (C=O) groups excluding carboxylic acids is 4. The van der Waals surface area contributed by atoms with Crippen LogP contribution >= 0.6 is 0 Å². The normalized spacial score (nSPS) is 37.4. The molecule has 0 aromatic carbocycles. The van der Waals surface area contributed by atoms with Crippen LogP contribution in [0.25, 0.3) is 0 Å². The summed E-state index contributed by atoms with van der Waals surface area (Å²) >= 11 is 0. The standard InChI is InChI=1S/C29H43NO9/c1-27-11-9-18(31)13-17(27)5-6-19-20-10-12-29(36,28(20,2)14-21(32)26(19)27)22(33)16-39-24(35)8-7-23(34)30-15-25(37-3)38-4/h13,19-21,25-26,32,36H,5-12,14-16H2,1-4H3,(H,30,34). The van der Waals surface area contributed by atoms with Gasteiger partial charge in [0.15, 0.2) is 18.7 Å². The number of carbonyl (C=O) groups is 4. The molecule has 4 rings (SSSR count). The third-order valence-corrected chi connectivity index (χ3v) is 10.4. The van der Waals surface area contributed by atoms with Crippen molar-refractivity contribution in [1.29, 1.82) is 0 Å². The first-order valence-corrected chi connectivity index (χ1v) is 14.0. The summed E-state index contributed by atoms with van der Waals surface area (Å²) in [5.41, 5.74) is -1.68. The van der Waals surface area contributed by atoms with Gasteiger partial charge in [0, 0.05) is 32.5 Å². The molecule has 1 amide bonds. The Labute approximate surface area is 229 Å². The fraction of sp³-hybridized carbons (Fsp3) is 0.793. The van der Waals surface area contributed by atoms with E-state index in [9.17, 15) is 29.4 Å². The van der Waals surface area contributed by atoms with Crippen molar-refractivity contribution < 1.29 is 43.6 Å². The van der Waals surface area contributed by atoms with Crippen LogP contribution in [-0.2, 0) is 33.4 Å². The van der Waals surface area contributed by atoms with Gasteiger partial charge in [0.05, 0.1) is 19.1 Å². The number of Topliss-reactive ketones (excluding diaryl/α,β-unsaturated/α-hetero) is 1. The molecule has 0 aliphatic heterocycles. The van der Waals surface area contributed by atoms with Crippen LogP contribution in [0.1, 0.15) is 71.6 Å². The van der Waals surface area contributed by atoms with E-state index < -0.39 is 41.8 Å². The van der Waals surface area contributed by atoms with Crippen molar-refractivity contribution in [2.24, 2.45) is 28.6 Å². The van der Waals surface area contributed by atoms with Gasteiger partial charge in [-0.3, -0.25) is 19.2 Å². The van der Waals surface area contributed by atoms with Crippen LogP contribution in [0.5, 0.6) is 0 Å². The number of rotatable bonds is 10. The minimum absolute atomic E-state index is 0.0202. The van der Waals surface area contributed by atoms with Gasteiger partial charge in [-0.05, 0) is 67.8 Å². The maximum Gasteiger partial charge on any atom is 0.306 e. The van der Waals surface area contributed by atoms with Crippen LogP contribution in [-0.4, -0.2) is 79.0 Å². The van der Waals surface area contributed by atoms with Crippen LogP contribution in [0.4, 0.5) is 0 Å². The number of nitrogens with one attached hydrogen (secondary N) is 1. The molecule has 3 saturated carbocycles. The smallest absolute Gasteiger partial charge is 0.306 e. The fourth-order valence-electron chi connectivity index (χ4n) is 8.25. The summed E-state index contributed by atoms with van der Waals surface area (Å²) in [6.45, 7) is 3.60. The Kier molecular flexibility index (Phi) is 8.71. The number of ether oxygens (including phenoxy) is 3. The Morgan fingerprint density at radius 3 is 2.51 bits per heavy atom. The maximum atomic E-state index is 13.3. The van der Waals surface area contributed by atoms with Gasteiger partial charge in [-0.15, -0.1) is 0 Å². The second kappa shape index (κ2) is 11.4. The van der Waals surface area contributed by atoms with Crippen LogP contribution in [0, 0.1) is 28.6 Å². The van der Waals surface area contributed by atoms with Crippen molar-refractivity contribution in [2.45, 2.75) is 89.6 Å². The predicted molar refractivity (Wildman–Crippen MR) is 139 cm³/mol. The van der Waals surface area contributed by atoms with E-state index >= 15 is 0 Å². The largest absolute Gasteiger partial charge is 0.458 e. The molecule has 39 heavy (non-hydrogen) atoms. The maximum absolute atomic E-state index is 13.3. The van der Waals surface area contributed by atoms with E-state index in [1.165, 1.54) is 14.2 Å². The topological polar surface area (TPSA) is 148 Å². The van der Waals surface area contributed by atoms with Gasteiger partial charge >= 0.3 is 5.97 Å². The summed E-state index contributed by atoms with van der Waals surface area (Å²) in [6, 6.07) is 0.